The van der Waals surface area contributed by atoms with Gasteiger partial charge in [0.15, 0.2) is 0 Å². The predicted molar refractivity (Wildman–Crippen MR) is 123 cm³/mol. The van der Waals surface area contributed by atoms with Crippen molar-refractivity contribution in [3.05, 3.63) is 75.9 Å². The number of carbonyl (C=O) groups excluding carboxylic acids is 2. The van der Waals surface area contributed by atoms with Crippen molar-refractivity contribution in [3.63, 3.8) is 0 Å². The molecule has 1 N–H and O–H groups in total. The molecular weight excluding hydrogens is 437 g/mol. The largest absolute Gasteiger partial charge is 0.456 e. The summed E-state index contributed by atoms with van der Waals surface area (Å²) in [4.78, 5) is 26.2. The van der Waals surface area contributed by atoms with Crippen LogP contribution in [0.1, 0.15) is 43.1 Å². The molecular formula is C24H23ClFNO3S. The predicted octanol–water partition coefficient (Wildman–Crippen LogP) is 6.73. The summed E-state index contributed by atoms with van der Waals surface area (Å²) in [5, 5.41) is 5.13. The molecule has 0 spiro atoms. The Hall–Kier alpha value is -2.70. The molecule has 0 aliphatic rings. The first-order chi connectivity index (χ1) is 14.6. The van der Waals surface area contributed by atoms with Gasteiger partial charge in [0.05, 0.1) is 10.6 Å². The molecule has 0 atom stereocenters. The molecule has 0 aliphatic carbocycles. The lowest BCUT2D eigenvalue weighted by Gasteiger charge is -2.20. The summed E-state index contributed by atoms with van der Waals surface area (Å²) in [6.45, 7) is 5.36. The molecule has 1 aromatic heterocycles. The highest BCUT2D eigenvalue weighted by atomic mass is 35.5. The summed E-state index contributed by atoms with van der Waals surface area (Å²) in [5.41, 5.74) is 1.55. The normalized spacial score (nSPS) is 11.3. The van der Waals surface area contributed by atoms with Gasteiger partial charge in [-0.25, -0.2) is 9.18 Å². The SMILES string of the molecule is CC(C)(C)OC(=O)c1c(NC(=O)CCc2cccc(F)c2)csc1-c1ccc(Cl)cc1. The van der Waals surface area contributed by atoms with Crippen LogP contribution in [0.3, 0.4) is 0 Å². The molecule has 1 heterocycles. The maximum atomic E-state index is 13.3. The van der Waals surface area contributed by atoms with Gasteiger partial charge in [-0.05, 0) is 62.6 Å². The molecule has 4 nitrogen and oxygen atoms in total. The number of anilines is 1. The van der Waals surface area contributed by atoms with Crippen LogP contribution >= 0.6 is 22.9 Å². The zero-order chi connectivity index (χ0) is 22.6. The minimum Gasteiger partial charge on any atom is -0.456 e. The number of carbonyl (C=O) groups is 2. The van der Waals surface area contributed by atoms with Crippen LogP contribution in [0.4, 0.5) is 10.1 Å². The minimum atomic E-state index is -0.686. The van der Waals surface area contributed by atoms with E-state index in [2.05, 4.69) is 5.32 Å². The molecule has 162 valence electrons. The van der Waals surface area contributed by atoms with E-state index in [4.69, 9.17) is 16.3 Å². The lowest BCUT2D eigenvalue weighted by atomic mass is 10.1. The molecule has 7 heteroatoms. The zero-order valence-electron chi connectivity index (χ0n) is 17.5. The van der Waals surface area contributed by atoms with Crippen molar-refractivity contribution in [2.24, 2.45) is 0 Å². The Kier molecular flexibility index (Phi) is 7.13. The van der Waals surface area contributed by atoms with E-state index >= 15 is 0 Å². The van der Waals surface area contributed by atoms with Gasteiger partial charge >= 0.3 is 5.97 Å². The number of nitrogens with one attached hydrogen (secondary N) is 1. The lowest BCUT2D eigenvalue weighted by Crippen LogP contribution is -2.25. The number of benzene rings is 2. The van der Waals surface area contributed by atoms with Crippen molar-refractivity contribution in [2.75, 3.05) is 5.32 Å². The summed E-state index contributed by atoms with van der Waals surface area (Å²) in [7, 11) is 0. The number of thiophene rings is 1. The van der Waals surface area contributed by atoms with Gasteiger partial charge in [0.2, 0.25) is 5.91 Å². The van der Waals surface area contributed by atoms with E-state index in [1.54, 1.807) is 50.4 Å². The van der Waals surface area contributed by atoms with E-state index in [0.717, 1.165) is 11.1 Å². The van der Waals surface area contributed by atoms with Crippen LogP contribution in [0.15, 0.2) is 53.9 Å². The van der Waals surface area contributed by atoms with Crippen LogP contribution < -0.4 is 5.32 Å². The van der Waals surface area contributed by atoms with Gasteiger partial charge < -0.3 is 10.1 Å². The van der Waals surface area contributed by atoms with Crippen LogP contribution in [-0.4, -0.2) is 17.5 Å². The van der Waals surface area contributed by atoms with E-state index in [9.17, 15) is 14.0 Å². The van der Waals surface area contributed by atoms with Crippen molar-refractivity contribution >= 4 is 40.5 Å². The third-order valence-electron chi connectivity index (χ3n) is 4.30. The molecule has 1 amide bonds. The maximum Gasteiger partial charge on any atom is 0.342 e. The highest BCUT2D eigenvalue weighted by molar-refractivity contribution is 7.14. The summed E-state index contributed by atoms with van der Waals surface area (Å²) >= 11 is 7.33. The molecule has 2 aromatic carbocycles. The van der Waals surface area contributed by atoms with Crippen LogP contribution in [0.25, 0.3) is 10.4 Å². The first-order valence-corrected chi connectivity index (χ1v) is 11.0. The molecule has 0 radical (unpaired) electrons. The summed E-state index contributed by atoms with van der Waals surface area (Å²) in [5.74, 6) is -1.12. The standard InChI is InChI=1S/C24H23ClFNO3S/c1-24(2,3)30-23(29)21-19(14-31-22(21)16-8-10-17(25)11-9-16)27-20(28)12-7-15-5-4-6-18(26)13-15/h4-6,8-11,13-14H,7,12H2,1-3H3,(H,27,28). The minimum absolute atomic E-state index is 0.156. The topological polar surface area (TPSA) is 55.4 Å². The van der Waals surface area contributed by atoms with Crippen molar-refractivity contribution in [1.29, 1.82) is 0 Å². The Balaban J connectivity index is 1.84. The fourth-order valence-electron chi connectivity index (χ4n) is 2.96. The Bertz CT molecular complexity index is 1090. The van der Waals surface area contributed by atoms with Gasteiger partial charge in [-0.3, -0.25) is 4.79 Å². The summed E-state index contributed by atoms with van der Waals surface area (Å²) in [6.07, 6.45) is 0.545. The van der Waals surface area contributed by atoms with Gasteiger partial charge in [0.25, 0.3) is 0 Å². The fraction of sp³-hybridized carbons (Fsp3) is 0.250. The number of aryl methyl sites for hydroxylation is 1. The van der Waals surface area contributed by atoms with E-state index in [1.165, 1.54) is 23.5 Å². The van der Waals surface area contributed by atoms with Crippen molar-refractivity contribution in [1.82, 2.24) is 0 Å². The second-order valence-electron chi connectivity index (χ2n) is 8.04. The summed E-state index contributed by atoms with van der Waals surface area (Å²) < 4.78 is 18.9. The van der Waals surface area contributed by atoms with Crippen molar-refractivity contribution in [3.8, 4) is 10.4 Å². The number of hydrogen-bond donors (Lipinski definition) is 1. The first kappa shape index (κ1) is 23.0. The fourth-order valence-corrected chi connectivity index (χ4v) is 4.08. The molecule has 0 bridgehead atoms. The number of rotatable bonds is 6. The number of halogens is 2. The van der Waals surface area contributed by atoms with E-state index in [0.29, 0.717) is 27.6 Å². The van der Waals surface area contributed by atoms with E-state index in [1.807, 2.05) is 12.1 Å². The third kappa shape index (κ3) is 6.39. The Morgan fingerprint density at radius 3 is 2.48 bits per heavy atom. The van der Waals surface area contributed by atoms with Crippen molar-refractivity contribution in [2.45, 2.75) is 39.2 Å². The number of ether oxygens (including phenoxy) is 1. The van der Waals surface area contributed by atoms with Gasteiger partial charge in [-0.15, -0.1) is 11.3 Å². The average molecular weight is 460 g/mol. The highest BCUT2D eigenvalue weighted by Gasteiger charge is 2.26. The average Bonchev–Trinajstić information content (AvgIpc) is 3.09. The van der Waals surface area contributed by atoms with Crippen LogP contribution in [0.2, 0.25) is 5.02 Å². The quantitative estimate of drug-likeness (QED) is 0.415. The van der Waals surface area contributed by atoms with Gasteiger partial charge in [0, 0.05) is 16.8 Å². The molecule has 0 aliphatic heterocycles. The van der Waals surface area contributed by atoms with E-state index < -0.39 is 11.6 Å². The highest BCUT2D eigenvalue weighted by Crippen LogP contribution is 2.37. The first-order valence-electron chi connectivity index (χ1n) is 9.77. The van der Waals surface area contributed by atoms with Crippen LogP contribution in [0.5, 0.6) is 0 Å². The van der Waals surface area contributed by atoms with E-state index in [-0.39, 0.29) is 18.1 Å². The maximum absolute atomic E-state index is 13.3. The van der Waals surface area contributed by atoms with Crippen LogP contribution in [-0.2, 0) is 16.0 Å². The second kappa shape index (κ2) is 9.62. The lowest BCUT2D eigenvalue weighted by molar-refractivity contribution is -0.116. The second-order valence-corrected chi connectivity index (χ2v) is 9.36. The zero-order valence-corrected chi connectivity index (χ0v) is 19.1. The smallest absolute Gasteiger partial charge is 0.342 e. The molecule has 3 aromatic rings. The number of esters is 1. The van der Waals surface area contributed by atoms with Gasteiger partial charge in [-0.1, -0.05) is 35.9 Å². The van der Waals surface area contributed by atoms with Gasteiger partial charge in [-0.2, -0.15) is 0 Å². The molecule has 0 unspecified atom stereocenters. The molecule has 0 saturated carbocycles. The Morgan fingerprint density at radius 2 is 1.84 bits per heavy atom. The Morgan fingerprint density at radius 1 is 1.13 bits per heavy atom. The molecule has 3 rings (SSSR count). The summed E-state index contributed by atoms with van der Waals surface area (Å²) in [6, 6.07) is 13.3. The molecule has 0 saturated heterocycles. The van der Waals surface area contributed by atoms with Crippen molar-refractivity contribution < 1.29 is 18.7 Å². The van der Waals surface area contributed by atoms with Gasteiger partial charge in [0.1, 0.15) is 17.0 Å². The Labute approximate surface area is 190 Å². The van der Waals surface area contributed by atoms with Crippen LogP contribution in [0, 0.1) is 5.82 Å². The monoisotopic (exact) mass is 459 g/mol. The molecule has 31 heavy (non-hydrogen) atoms. The third-order valence-corrected chi connectivity index (χ3v) is 5.59. The molecule has 0 fully saturated rings. The number of amides is 1. The number of hydrogen-bond acceptors (Lipinski definition) is 4.